The molecule has 2 heterocycles. The maximum Gasteiger partial charge on any atom is 0.337 e. The quantitative estimate of drug-likeness (QED) is 0.560. The van der Waals surface area contributed by atoms with Crippen LogP contribution in [0.5, 0.6) is 0 Å². The number of pyridine rings is 1. The van der Waals surface area contributed by atoms with Crippen LogP contribution in [-0.2, 0) is 6.42 Å². The van der Waals surface area contributed by atoms with Gasteiger partial charge in [-0.2, -0.15) is 0 Å². The van der Waals surface area contributed by atoms with Gasteiger partial charge in [0.25, 0.3) is 0 Å². The van der Waals surface area contributed by atoms with Gasteiger partial charge in [-0.3, -0.25) is 9.13 Å². The number of anilines is 2. The Hall–Kier alpha value is -3.80. The van der Waals surface area contributed by atoms with E-state index in [0.29, 0.717) is 11.5 Å². The summed E-state index contributed by atoms with van der Waals surface area (Å²) in [6, 6.07) is 15.6. The molecule has 0 aliphatic carbocycles. The van der Waals surface area contributed by atoms with Crippen LogP contribution in [0.15, 0.2) is 71.9 Å². The van der Waals surface area contributed by atoms with Crippen LogP contribution in [0.25, 0.3) is 22.5 Å². The highest BCUT2D eigenvalue weighted by atomic mass is 16.1. The van der Waals surface area contributed by atoms with E-state index < -0.39 is 0 Å². The van der Waals surface area contributed by atoms with Gasteiger partial charge in [0.05, 0.1) is 17.1 Å². The van der Waals surface area contributed by atoms with E-state index in [1.165, 1.54) is 0 Å². The molecule has 0 spiro atoms. The Morgan fingerprint density at radius 1 is 0.931 bits per heavy atom. The van der Waals surface area contributed by atoms with Gasteiger partial charge < -0.3 is 11.5 Å². The van der Waals surface area contributed by atoms with Crippen LogP contribution < -0.4 is 17.2 Å². The first kappa shape index (κ1) is 18.6. The van der Waals surface area contributed by atoms with Crippen LogP contribution in [0.2, 0.25) is 0 Å². The fourth-order valence-electron chi connectivity index (χ4n) is 3.61. The molecule has 4 rings (SSSR count). The van der Waals surface area contributed by atoms with Crippen LogP contribution in [0.4, 0.5) is 11.5 Å². The third-order valence-electron chi connectivity index (χ3n) is 5.16. The molecule has 2 aromatic heterocycles. The minimum absolute atomic E-state index is 0.122. The lowest BCUT2D eigenvalue weighted by Gasteiger charge is -2.16. The van der Waals surface area contributed by atoms with Crippen molar-refractivity contribution in [1.82, 2.24) is 14.1 Å². The lowest BCUT2D eigenvalue weighted by Crippen LogP contribution is -2.22. The fraction of sp³-hybridized carbons (Fsp3) is 0.130. The average Bonchev–Trinajstić information content (AvgIpc) is 3.11. The molecular weight excluding hydrogens is 362 g/mol. The number of aryl methyl sites for hydroxylation is 1. The van der Waals surface area contributed by atoms with Crippen molar-refractivity contribution >= 4 is 11.5 Å². The summed E-state index contributed by atoms with van der Waals surface area (Å²) in [4.78, 5) is 17.2. The maximum absolute atomic E-state index is 13.2. The molecule has 6 nitrogen and oxygen atoms in total. The molecule has 4 N–H and O–H groups in total. The number of nitrogen functional groups attached to an aromatic ring is 2. The molecular formula is C23H23N5O. The van der Waals surface area contributed by atoms with Gasteiger partial charge in [0, 0.05) is 24.2 Å². The summed E-state index contributed by atoms with van der Waals surface area (Å²) in [5, 5.41) is 0. The smallest absolute Gasteiger partial charge is 0.337 e. The first-order valence-electron chi connectivity index (χ1n) is 9.51. The molecule has 0 saturated carbocycles. The van der Waals surface area contributed by atoms with Crippen LogP contribution >= 0.6 is 0 Å². The van der Waals surface area contributed by atoms with Gasteiger partial charge in [-0.05, 0) is 48.7 Å². The maximum atomic E-state index is 13.2. The molecule has 0 fully saturated rings. The van der Waals surface area contributed by atoms with Gasteiger partial charge in [0.2, 0.25) is 0 Å². The zero-order valence-electron chi connectivity index (χ0n) is 16.5. The highest BCUT2D eigenvalue weighted by molar-refractivity contribution is 5.85. The van der Waals surface area contributed by atoms with Crippen LogP contribution in [0.1, 0.15) is 18.1 Å². The number of aromatic nitrogens is 3. The zero-order valence-corrected chi connectivity index (χ0v) is 16.5. The molecule has 146 valence electrons. The van der Waals surface area contributed by atoms with Crippen molar-refractivity contribution in [3.63, 3.8) is 0 Å². The molecule has 0 bridgehead atoms. The summed E-state index contributed by atoms with van der Waals surface area (Å²) in [5.74, 6) is 0.303. The van der Waals surface area contributed by atoms with Crippen LogP contribution in [0.3, 0.4) is 0 Å². The number of hydrogen-bond donors (Lipinski definition) is 2. The van der Waals surface area contributed by atoms with Crippen molar-refractivity contribution in [2.24, 2.45) is 0 Å². The average molecular weight is 385 g/mol. The summed E-state index contributed by atoms with van der Waals surface area (Å²) in [6.07, 6.45) is 5.96. The third-order valence-corrected chi connectivity index (χ3v) is 5.16. The number of nitrogens with zero attached hydrogens (tertiary/aromatic N) is 3. The number of nitrogens with two attached hydrogens (primary N) is 2. The Labute approximate surface area is 169 Å². The van der Waals surface area contributed by atoms with Gasteiger partial charge in [0.1, 0.15) is 5.82 Å². The first-order chi connectivity index (χ1) is 14.0. The minimum Gasteiger partial charge on any atom is -0.395 e. The van der Waals surface area contributed by atoms with E-state index in [1.807, 2.05) is 55.5 Å². The summed E-state index contributed by atoms with van der Waals surface area (Å²) >= 11 is 0. The monoisotopic (exact) mass is 385 g/mol. The Balaban J connectivity index is 1.88. The van der Waals surface area contributed by atoms with Gasteiger partial charge in [-0.15, -0.1) is 0 Å². The van der Waals surface area contributed by atoms with E-state index in [4.69, 9.17) is 11.5 Å². The van der Waals surface area contributed by atoms with Crippen molar-refractivity contribution in [2.45, 2.75) is 20.3 Å². The lowest BCUT2D eigenvalue weighted by atomic mass is 9.96. The Morgan fingerprint density at radius 2 is 1.66 bits per heavy atom. The van der Waals surface area contributed by atoms with Crippen molar-refractivity contribution in [2.75, 3.05) is 11.5 Å². The Morgan fingerprint density at radius 3 is 2.38 bits per heavy atom. The SMILES string of the molecule is CCc1c(-c2ccnc(N)c2N)cccc1-n1ccn(-c2ccc(C)cc2)c1=O. The molecule has 0 amide bonds. The van der Waals surface area contributed by atoms with Crippen molar-refractivity contribution in [3.05, 3.63) is 88.7 Å². The second-order valence-corrected chi connectivity index (χ2v) is 6.97. The van der Waals surface area contributed by atoms with E-state index in [1.54, 1.807) is 27.7 Å². The molecule has 29 heavy (non-hydrogen) atoms. The second kappa shape index (κ2) is 7.31. The number of benzene rings is 2. The van der Waals surface area contributed by atoms with E-state index in [0.717, 1.165) is 40.0 Å². The highest BCUT2D eigenvalue weighted by Crippen LogP contribution is 2.34. The summed E-state index contributed by atoms with van der Waals surface area (Å²) < 4.78 is 3.31. The summed E-state index contributed by atoms with van der Waals surface area (Å²) in [6.45, 7) is 4.08. The lowest BCUT2D eigenvalue weighted by molar-refractivity contribution is 0.896. The molecule has 6 heteroatoms. The van der Waals surface area contributed by atoms with Crippen LogP contribution in [-0.4, -0.2) is 14.1 Å². The van der Waals surface area contributed by atoms with E-state index in [2.05, 4.69) is 11.9 Å². The second-order valence-electron chi connectivity index (χ2n) is 6.97. The third kappa shape index (κ3) is 3.18. The van der Waals surface area contributed by atoms with Crippen molar-refractivity contribution in [1.29, 1.82) is 0 Å². The highest BCUT2D eigenvalue weighted by Gasteiger charge is 2.16. The molecule has 4 aromatic rings. The Bertz CT molecular complexity index is 1240. The molecule has 0 radical (unpaired) electrons. The topological polar surface area (TPSA) is 91.9 Å². The first-order valence-corrected chi connectivity index (χ1v) is 9.51. The number of rotatable bonds is 4. The zero-order chi connectivity index (χ0) is 20.5. The van der Waals surface area contributed by atoms with Gasteiger partial charge in [-0.1, -0.05) is 36.8 Å². The van der Waals surface area contributed by atoms with Gasteiger partial charge >= 0.3 is 5.69 Å². The fourth-order valence-corrected chi connectivity index (χ4v) is 3.61. The predicted molar refractivity (Wildman–Crippen MR) is 118 cm³/mol. The Kier molecular flexibility index (Phi) is 4.68. The van der Waals surface area contributed by atoms with Gasteiger partial charge in [0.15, 0.2) is 0 Å². The largest absolute Gasteiger partial charge is 0.395 e. The predicted octanol–water partition coefficient (Wildman–Crippen LogP) is 3.73. The van der Waals surface area contributed by atoms with E-state index in [9.17, 15) is 4.79 Å². The van der Waals surface area contributed by atoms with Crippen molar-refractivity contribution in [3.8, 4) is 22.5 Å². The minimum atomic E-state index is -0.122. The molecule has 0 aliphatic heterocycles. The van der Waals surface area contributed by atoms with Crippen molar-refractivity contribution < 1.29 is 0 Å². The molecule has 0 aliphatic rings. The van der Waals surface area contributed by atoms with Gasteiger partial charge in [-0.25, -0.2) is 9.78 Å². The molecule has 0 saturated heterocycles. The molecule has 0 unspecified atom stereocenters. The number of hydrogen-bond acceptors (Lipinski definition) is 4. The van der Waals surface area contributed by atoms with E-state index >= 15 is 0 Å². The molecule has 2 aromatic carbocycles. The van der Waals surface area contributed by atoms with E-state index in [-0.39, 0.29) is 5.69 Å². The molecule has 0 atom stereocenters. The normalized spacial score (nSPS) is 11.0. The van der Waals surface area contributed by atoms with Crippen LogP contribution in [0, 0.1) is 6.92 Å². The summed E-state index contributed by atoms with van der Waals surface area (Å²) in [5.41, 5.74) is 18.0. The summed E-state index contributed by atoms with van der Waals surface area (Å²) in [7, 11) is 0. The standard InChI is InChI=1S/C23H23N5O/c1-3-17-18(19-11-12-26-22(25)21(19)24)5-4-6-20(17)28-14-13-27(23(28)29)16-9-7-15(2)8-10-16/h4-14H,3,24H2,1-2H3,(H2,25,26). The number of imidazole rings is 1.